The number of alkyl halides is 1. The van der Waals surface area contributed by atoms with Crippen LogP contribution in [-0.4, -0.2) is 26.5 Å². The van der Waals surface area contributed by atoms with E-state index in [2.05, 4.69) is 20.6 Å². The Hall–Kier alpha value is -3.43. The van der Waals surface area contributed by atoms with Crippen LogP contribution in [0, 0.1) is 12.3 Å². The summed E-state index contributed by atoms with van der Waals surface area (Å²) in [5.41, 5.74) is 7.27. The van der Waals surface area contributed by atoms with Gasteiger partial charge in [0.15, 0.2) is 5.62 Å². The second kappa shape index (κ2) is 7.90. The van der Waals surface area contributed by atoms with E-state index in [0.29, 0.717) is 17.5 Å². The van der Waals surface area contributed by atoms with Crippen LogP contribution in [0.25, 0.3) is 17.0 Å². The Bertz CT molecular complexity index is 1160. The number of dihydropyridines is 1. The van der Waals surface area contributed by atoms with Gasteiger partial charge in [0.2, 0.25) is 17.6 Å². The maximum absolute atomic E-state index is 7.86. The van der Waals surface area contributed by atoms with Crippen LogP contribution in [0.1, 0.15) is 17.1 Å². The summed E-state index contributed by atoms with van der Waals surface area (Å²) in [6.07, 6.45) is 5.94. The van der Waals surface area contributed by atoms with E-state index in [9.17, 15) is 0 Å². The van der Waals surface area contributed by atoms with Gasteiger partial charge in [0.1, 0.15) is 11.2 Å². The molecule has 29 heavy (non-hydrogen) atoms. The van der Waals surface area contributed by atoms with Gasteiger partial charge in [-0.3, -0.25) is 11.1 Å². The highest BCUT2D eigenvalue weighted by Gasteiger charge is 2.15. The molecule has 148 valence electrons. The quantitative estimate of drug-likeness (QED) is 0.435. The Morgan fingerprint density at radius 2 is 2.21 bits per heavy atom. The zero-order valence-corrected chi connectivity index (χ0v) is 16.2. The lowest BCUT2D eigenvalue weighted by Crippen LogP contribution is -2.28. The highest BCUT2D eigenvalue weighted by molar-refractivity contribution is 6.18. The minimum absolute atomic E-state index is 0.0678. The summed E-state index contributed by atoms with van der Waals surface area (Å²) in [4.78, 5) is 4.27. The number of allylic oxidation sites excluding steroid dienone is 2. The van der Waals surface area contributed by atoms with Gasteiger partial charge in [0.05, 0.1) is 0 Å². The highest BCUT2D eigenvalue weighted by Crippen LogP contribution is 2.34. The van der Waals surface area contributed by atoms with Crippen molar-refractivity contribution in [1.29, 1.82) is 5.41 Å². The van der Waals surface area contributed by atoms with E-state index in [-0.39, 0.29) is 11.4 Å². The molecular weight excluding hydrogens is 394 g/mol. The molecule has 0 radical (unpaired) electrons. The van der Waals surface area contributed by atoms with Crippen molar-refractivity contribution < 1.29 is 9.26 Å². The predicted octanol–water partition coefficient (Wildman–Crippen LogP) is 2.67. The molecule has 0 spiro atoms. The molecule has 0 saturated heterocycles. The Morgan fingerprint density at radius 1 is 1.34 bits per heavy atom. The second-order valence-electron chi connectivity index (χ2n) is 6.23. The summed E-state index contributed by atoms with van der Waals surface area (Å²) in [6, 6.07) is 8.71. The summed E-state index contributed by atoms with van der Waals surface area (Å²) in [5, 5.41) is 19.2. The molecule has 0 amide bonds. The first kappa shape index (κ1) is 18.9. The fourth-order valence-corrected chi connectivity index (χ4v) is 2.96. The number of nitrogens with two attached hydrogens (primary N) is 1. The average Bonchev–Trinajstić information content (AvgIpc) is 3.16. The first-order valence-electron chi connectivity index (χ1n) is 8.78. The first-order valence-corrected chi connectivity index (χ1v) is 9.22. The summed E-state index contributed by atoms with van der Waals surface area (Å²) < 4.78 is 12.3. The molecule has 2 aromatic heterocycles. The molecule has 1 aliphatic rings. The molecule has 4 rings (SSSR count). The summed E-state index contributed by atoms with van der Waals surface area (Å²) in [6.45, 7) is 2.49. The lowest BCUT2D eigenvalue weighted by atomic mass is 10.0. The molecule has 0 fully saturated rings. The van der Waals surface area contributed by atoms with Crippen LogP contribution in [0.2, 0.25) is 0 Å². The number of hydrogen-bond acceptors (Lipinski definition) is 8. The van der Waals surface area contributed by atoms with Crippen molar-refractivity contribution in [2.45, 2.75) is 12.5 Å². The van der Waals surface area contributed by atoms with Gasteiger partial charge >= 0.3 is 0 Å². The predicted molar refractivity (Wildman–Crippen MR) is 107 cm³/mol. The minimum Gasteiger partial charge on any atom is -0.437 e. The van der Waals surface area contributed by atoms with Gasteiger partial charge in [-0.1, -0.05) is 35.0 Å². The molecule has 0 bridgehead atoms. The van der Waals surface area contributed by atoms with Gasteiger partial charge < -0.3 is 14.6 Å². The lowest BCUT2D eigenvalue weighted by Gasteiger charge is -2.16. The van der Waals surface area contributed by atoms with Gasteiger partial charge in [-0.05, 0) is 18.2 Å². The Balaban J connectivity index is 1.78. The largest absolute Gasteiger partial charge is 0.437 e. The maximum atomic E-state index is 7.86. The van der Waals surface area contributed by atoms with Gasteiger partial charge in [-0.2, -0.15) is 4.98 Å². The van der Waals surface area contributed by atoms with E-state index in [0.717, 1.165) is 27.9 Å². The van der Waals surface area contributed by atoms with E-state index < -0.39 is 5.62 Å². The van der Waals surface area contributed by atoms with Crippen LogP contribution in [-0.2, 0) is 0 Å². The molecule has 1 atom stereocenters. The highest BCUT2D eigenvalue weighted by atomic mass is 35.5. The van der Waals surface area contributed by atoms with E-state index in [1.165, 1.54) is 6.07 Å². The van der Waals surface area contributed by atoms with Crippen molar-refractivity contribution in [3.63, 3.8) is 0 Å². The van der Waals surface area contributed by atoms with Gasteiger partial charge in [0, 0.05) is 42.4 Å². The SMILES string of the molecule is Cc1nc(-c2ccc(C3=CNCC=C3)c(Oc3ccc(=N)n(C(N)Cl)n3)c2)no1. The lowest BCUT2D eigenvalue weighted by molar-refractivity contribution is 0.394. The van der Waals surface area contributed by atoms with Gasteiger partial charge in [0.25, 0.3) is 0 Å². The molecule has 1 unspecified atom stereocenters. The van der Waals surface area contributed by atoms with Crippen LogP contribution in [0.5, 0.6) is 11.6 Å². The fraction of sp³-hybridized carbons (Fsp3) is 0.158. The van der Waals surface area contributed by atoms with Crippen molar-refractivity contribution in [3.05, 3.63) is 65.6 Å². The third kappa shape index (κ3) is 4.05. The van der Waals surface area contributed by atoms with Gasteiger partial charge in [-0.15, -0.1) is 5.10 Å². The normalized spacial score (nSPS) is 14.2. The number of hydrogen-bond donors (Lipinski definition) is 3. The number of rotatable bonds is 5. The Morgan fingerprint density at radius 3 is 2.90 bits per heavy atom. The van der Waals surface area contributed by atoms with Crippen LogP contribution in [0.4, 0.5) is 0 Å². The van der Waals surface area contributed by atoms with Crippen molar-refractivity contribution in [2.75, 3.05) is 6.54 Å². The fourth-order valence-electron chi connectivity index (χ4n) is 2.81. The van der Waals surface area contributed by atoms with E-state index in [4.69, 9.17) is 32.0 Å². The zero-order valence-electron chi connectivity index (χ0n) is 15.5. The molecule has 4 N–H and O–H groups in total. The van der Waals surface area contributed by atoms with Crippen molar-refractivity contribution >= 4 is 17.2 Å². The van der Waals surface area contributed by atoms with E-state index in [1.54, 1.807) is 13.0 Å². The number of nitrogens with one attached hydrogen (secondary N) is 2. The van der Waals surface area contributed by atoms with E-state index in [1.807, 2.05) is 36.6 Å². The summed E-state index contributed by atoms with van der Waals surface area (Å²) >= 11 is 5.89. The monoisotopic (exact) mass is 411 g/mol. The molecule has 1 aromatic carbocycles. The van der Waals surface area contributed by atoms with Crippen LogP contribution >= 0.6 is 11.6 Å². The molecule has 3 aromatic rings. The molecule has 10 heteroatoms. The average molecular weight is 412 g/mol. The number of aryl methyl sites for hydroxylation is 1. The Kier molecular flexibility index (Phi) is 5.15. The molecule has 1 aliphatic heterocycles. The molecule has 9 nitrogen and oxygen atoms in total. The molecule has 0 aliphatic carbocycles. The van der Waals surface area contributed by atoms with E-state index >= 15 is 0 Å². The van der Waals surface area contributed by atoms with Crippen molar-refractivity contribution in [1.82, 2.24) is 25.2 Å². The number of ether oxygens (including phenoxy) is 1. The van der Waals surface area contributed by atoms with Crippen molar-refractivity contribution in [3.8, 4) is 23.0 Å². The second-order valence-corrected chi connectivity index (χ2v) is 6.68. The topological polar surface area (TPSA) is 128 Å². The smallest absolute Gasteiger partial charge is 0.237 e. The summed E-state index contributed by atoms with van der Waals surface area (Å²) in [5.74, 6) is 1.70. The van der Waals surface area contributed by atoms with Crippen LogP contribution in [0.3, 0.4) is 0 Å². The molecule has 3 heterocycles. The number of nitrogens with zero attached hydrogens (tertiary/aromatic N) is 4. The van der Waals surface area contributed by atoms with Crippen LogP contribution in [0.15, 0.2) is 53.2 Å². The third-order valence-corrected chi connectivity index (χ3v) is 4.34. The van der Waals surface area contributed by atoms with Gasteiger partial charge in [-0.25, -0.2) is 4.68 Å². The third-order valence-electron chi connectivity index (χ3n) is 4.15. The minimum atomic E-state index is -0.979. The number of aromatic nitrogens is 4. The molecular formula is C19H18ClN7O2. The van der Waals surface area contributed by atoms with Crippen LogP contribution < -0.4 is 21.3 Å². The first-order chi connectivity index (χ1) is 14.0. The number of halogens is 1. The molecule has 0 saturated carbocycles. The zero-order chi connectivity index (χ0) is 20.4. The number of benzene rings is 1. The maximum Gasteiger partial charge on any atom is 0.237 e. The van der Waals surface area contributed by atoms with Crippen molar-refractivity contribution in [2.24, 2.45) is 5.73 Å². The summed E-state index contributed by atoms with van der Waals surface area (Å²) in [7, 11) is 0. The standard InChI is InChI=1S/C19H18ClN7O2/c1-11-24-18(26-29-11)12-4-5-14(13-3-2-8-23-10-13)15(9-12)28-17-7-6-16(21)27(25-17)19(20)22/h2-7,9-10,19,21,23H,8,22H2,1H3. The Labute approximate surface area is 171 Å².